The van der Waals surface area contributed by atoms with Crippen LogP contribution in [-0.4, -0.2) is 4.98 Å². The van der Waals surface area contributed by atoms with Crippen molar-refractivity contribution in [2.45, 2.75) is 19.8 Å². The Hall–Kier alpha value is -1.80. The number of rotatable bonds is 1. The number of nitrogens with one attached hydrogen (secondary N) is 1. The second kappa shape index (κ2) is 5.13. The quantitative estimate of drug-likeness (QED) is 0.527. The Morgan fingerprint density at radius 2 is 1.73 bits per heavy atom. The fraction of sp³-hybridized carbons (Fsp3) is 0.200. The molecule has 0 radical (unpaired) electrons. The fourth-order valence-electron chi connectivity index (χ4n) is 3.67. The van der Waals surface area contributed by atoms with Crippen molar-refractivity contribution in [2.24, 2.45) is 5.92 Å². The smallest absolute Gasteiger partial charge is 0.0476 e. The largest absolute Gasteiger partial charge is 0.354 e. The molecule has 1 aliphatic carbocycles. The van der Waals surface area contributed by atoms with Crippen LogP contribution in [-0.2, 0) is 0 Å². The molecule has 2 aromatic carbocycles. The number of benzene rings is 2. The van der Waals surface area contributed by atoms with Gasteiger partial charge in [0, 0.05) is 32.2 Å². The van der Waals surface area contributed by atoms with E-state index >= 15 is 0 Å². The third-order valence-electron chi connectivity index (χ3n) is 4.73. The van der Waals surface area contributed by atoms with Gasteiger partial charge in [0.15, 0.2) is 0 Å². The SMILES string of the molecule is CC1=CC=CC(C)C1c1ccc2c(c1)[nH]c1cc(Br)ccc12. The normalized spacial score (nSPS) is 21.5. The topological polar surface area (TPSA) is 15.8 Å². The summed E-state index contributed by atoms with van der Waals surface area (Å²) in [6.45, 7) is 4.53. The number of H-pyrrole nitrogens is 1. The van der Waals surface area contributed by atoms with Crippen molar-refractivity contribution in [2.75, 3.05) is 0 Å². The van der Waals surface area contributed by atoms with Gasteiger partial charge in [0.2, 0.25) is 0 Å². The molecule has 0 saturated carbocycles. The second-order valence-corrected chi connectivity index (χ2v) is 7.17. The molecule has 0 aliphatic heterocycles. The number of aromatic nitrogens is 1. The number of aromatic amines is 1. The third kappa shape index (κ3) is 2.14. The van der Waals surface area contributed by atoms with Crippen LogP contribution in [0.5, 0.6) is 0 Å². The van der Waals surface area contributed by atoms with Crippen molar-refractivity contribution in [1.82, 2.24) is 4.98 Å². The molecule has 2 unspecified atom stereocenters. The number of halogens is 1. The molecule has 0 spiro atoms. The standard InChI is InChI=1S/C20H18BrN/c1-12-4-3-5-13(2)20(12)14-6-8-16-17-9-7-15(21)11-19(17)22-18(16)10-14/h3-12,20,22H,1-2H3. The molecule has 0 saturated heterocycles. The average molecular weight is 352 g/mol. The highest BCUT2D eigenvalue weighted by Crippen LogP contribution is 2.37. The third-order valence-corrected chi connectivity index (χ3v) is 5.23. The van der Waals surface area contributed by atoms with Crippen molar-refractivity contribution in [1.29, 1.82) is 0 Å². The first kappa shape index (κ1) is 13.8. The van der Waals surface area contributed by atoms with E-state index in [0.29, 0.717) is 11.8 Å². The maximum atomic E-state index is 3.56. The maximum Gasteiger partial charge on any atom is 0.0476 e. The summed E-state index contributed by atoms with van der Waals surface area (Å²) in [5.41, 5.74) is 5.24. The fourth-order valence-corrected chi connectivity index (χ4v) is 4.03. The van der Waals surface area contributed by atoms with E-state index in [1.54, 1.807) is 0 Å². The summed E-state index contributed by atoms with van der Waals surface area (Å²) in [5, 5.41) is 2.58. The summed E-state index contributed by atoms with van der Waals surface area (Å²) in [5.74, 6) is 1.02. The van der Waals surface area contributed by atoms with Gasteiger partial charge in [-0.25, -0.2) is 0 Å². The van der Waals surface area contributed by atoms with Gasteiger partial charge in [-0.05, 0) is 36.6 Å². The summed E-state index contributed by atoms with van der Waals surface area (Å²) in [6, 6.07) is 13.3. The molecule has 0 bridgehead atoms. The molecule has 0 amide bonds. The van der Waals surface area contributed by atoms with E-state index in [2.05, 4.69) is 89.4 Å². The predicted octanol–water partition coefficient (Wildman–Crippen LogP) is 6.32. The molecule has 2 atom stereocenters. The Kier molecular flexibility index (Phi) is 3.23. The van der Waals surface area contributed by atoms with Crippen molar-refractivity contribution in [3.05, 3.63) is 70.2 Å². The highest BCUT2D eigenvalue weighted by Gasteiger charge is 2.21. The van der Waals surface area contributed by atoms with Gasteiger partial charge in [-0.2, -0.15) is 0 Å². The van der Waals surface area contributed by atoms with Gasteiger partial charge in [0.05, 0.1) is 0 Å². The minimum Gasteiger partial charge on any atom is -0.354 e. The van der Waals surface area contributed by atoms with Crippen molar-refractivity contribution >= 4 is 37.7 Å². The van der Waals surface area contributed by atoms with E-state index < -0.39 is 0 Å². The van der Waals surface area contributed by atoms with Gasteiger partial charge in [-0.3, -0.25) is 0 Å². The first-order valence-corrected chi connectivity index (χ1v) is 8.48. The molecule has 1 N–H and O–H groups in total. The molecule has 0 fully saturated rings. The molecule has 1 aliphatic rings. The molecule has 110 valence electrons. The van der Waals surface area contributed by atoms with Gasteiger partial charge >= 0.3 is 0 Å². The number of allylic oxidation sites excluding steroid dienone is 4. The summed E-state index contributed by atoms with van der Waals surface area (Å²) in [4.78, 5) is 3.56. The minimum atomic E-state index is 0.479. The van der Waals surface area contributed by atoms with E-state index in [9.17, 15) is 0 Å². The zero-order chi connectivity index (χ0) is 15.3. The van der Waals surface area contributed by atoms with E-state index in [-0.39, 0.29) is 0 Å². The lowest BCUT2D eigenvalue weighted by molar-refractivity contribution is 0.606. The Morgan fingerprint density at radius 1 is 1.00 bits per heavy atom. The van der Waals surface area contributed by atoms with Gasteiger partial charge in [-0.15, -0.1) is 0 Å². The van der Waals surface area contributed by atoms with E-state index in [1.807, 2.05) is 0 Å². The van der Waals surface area contributed by atoms with Crippen LogP contribution in [0.1, 0.15) is 25.3 Å². The van der Waals surface area contributed by atoms with Crippen molar-refractivity contribution < 1.29 is 0 Å². The summed E-state index contributed by atoms with van der Waals surface area (Å²) >= 11 is 3.55. The molecular formula is C20H18BrN. The van der Waals surface area contributed by atoms with Gasteiger partial charge < -0.3 is 4.98 Å². The highest BCUT2D eigenvalue weighted by atomic mass is 79.9. The molecule has 22 heavy (non-hydrogen) atoms. The van der Waals surface area contributed by atoms with Crippen LogP contribution in [0.3, 0.4) is 0 Å². The van der Waals surface area contributed by atoms with Crippen molar-refractivity contribution in [3.8, 4) is 0 Å². The summed E-state index contributed by atoms with van der Waals surface area (Å²) in [7, 11) is 0. The Bertz CT molecular complexity index is 929. The molecule has 4 rings (SSSR count). The van der Waals surface area contributed by atoms with Crippen LogP contribution in [0.25, 0.3) is 21.8 Å². The molecule has 2 heteroatoms. The van der Waals surface area contributed by atoms with Gasteiger partial charge in [0.1, 0.15) is 0 Å². The number of fused-ring (bicyclic) bond motifs is 3. The molecular weight excluding hydrogens is 334 g/mol. The monoisotopic (exact) mass is 351 g/mol. The molecule has 3 aromatic rings. The zero-order valence-electron chi connectivity index (χ0n) is 12.7. The minimum absolute atomic E-state index is 0.479. The lowest BCUT2D eigenvalue weighted by atomic mass is 9.79. The van der Waals surface area contributed by atoms with E-state index in [4.69, 9.17) is 0 Å². The Labute approximate surface area is 138 Å². The first-order chi connectivity index (χ1) is 10.6. The van der Waals surface area contributed by atoms with Gasteiger partial charge in [-0.1, -0.05) is 64.9 Å². The maximum absolute atomic E-state index is 3.56. The van der Waals surface area contributed by atoms with E-state index in [1.165, 1.54) is 32.9 Å². The summed E-state index contributed by atoms with van der Waals surface area (Å²) in [6.07, 6.45) is 6.71. The van der Waals surface area contributed by atoms with Crippen LogP contribution in [0.15, 0.2) is 64.7 Å². The molecule has 1 aromatic heterocycles. The van der Waals surface area contributed by atoms with E-state index in [0.717, 1.165) is 4.47 Å². The molecule has 1 nitrogen and oxygen atoms in total. The van der Waals surface area contributed by atoms with Crippen molar-refractivity contribution in [3.63, 3.8) is 0 Å². The van der Waals surface area contributed by atoms with Crippen LogP contribution in [0.2, 0.25) is 0 Å². The highest BCUT2D eigenvalue weighted by molar-refractivity contribution is 9.10. The molecule has 1 heterocycles. The predicted molar refractivity (Wildman–Crippen MR) is 98.3 cm³/mol. The average Bonchev–Trinajstić information content (AvgIpc) is 2.83. The number of hydrogen-bond donors (Lipinski definition) is 1. The van der Waals surface area contributed by atoms with Crippen LogP contribution in [0.4, 0.5) is 0 Å². The summed E-state index contributed by atoms with van der Waals surface area (Å²) < 4.78 is 1.11. The number of hydrogen-bond acceptors (Lipinski definition) is 0. The van der Waals surface area contributed by atoms with Crippen LogP contribution < -0.4 is 0 Å². The Balaban J connectivity index is 1.89. The zero-order valence-corrected chi connectivity index (χ0v) is 14.3. The Morgan fingerprint density at radius 3 is 2.50 bits per heavy atom. The lowest BCUT2D eigenvalue weighted by Crippen LogP contribution is -2.11. The van der Waals surface area contributed by atoms with Gasteiger partial charge in [0.25, 0.3) is 0 Å². The van der Waals surface area contributed by atoms with Crippen LogP contribution in [0, 0.1) is 5.92 Å². The first-order valence-electron chi connectivity index (χ1n) is 7.69. The lowest BCUT2D eigenvalue weighted by Gasteiger charge is -2.25. The second-order valence-electron chi connectivity index (χ2n) is 6.25. The van der Waals surface area contributed by atoms with Crippen LogP contribution >= 0.6 is 15.9 Å².